The van der Waals surface area contributed by atoms with Crippen molar-refractivity contribution in [3.63, 3.8) is 0 Å². The lowest BCUT2D eigenvalue weighted by molar-refractivity contribution is -0.137. The maximum absolute atomic E-state index is 14.0. The third-order valence-corrected chi connectivity index (χ3v) is 10.2. The number of hydrogen-bond acceptors (Lipinski definition) is 9. The van der Waals surface area contributed by atoms with Gasteiger partial charge >= 0.3 is 6.18 Å². The van der Waals surface area contributed by atoms with Crippen LogP contribution in [0.3, 0.4) is 0 Å². The van der Waals surface area contributed by atoms with Crippen molar-refractivity contribution in [3.8, 4) is 5.75 Å². The monoisotopic (exact) mass is 621 g/mol. The number of anilines is 4. The minimum absolute atomic E-state index is 0.0289. The molecule has 0 aliphatic carbocycles. The van der Waals surface area contributed by atoms with E-state index in [4.69, 9.17) is 4.74 Å². The van der Waals surface area contributed by atoms with Gasteiger partial charge in [0.05, 0.1) is 22.7 Å². The van der Waals surface area contributed by atoms with E-state index in [2.05, 4.69) is 44.6 Å². The summed E-state index contributed by atoms with van der Waals surface area (Å²) in [6, 6.07) is 1.95. The molecule has 234 valence electrons. The van der Waals surface area contributed by atoms with Gasteiger partial charge in [-0.15, -0.1) is 0 Å². The number of nitrogens with one attached hydrogen (secondary N) is 2. The van der Waals surface area contributed by atoms with Crippen LogP contribution in [0.4, 0.5) is 36.3 Å². The number of alkyl halides is 3. The summed E-state index contributed by atoms with van der Waals surface area (Å²) in [6.07, 6.45) is 0.957. The molecular formula is C29H38F3N7O3S. The Morgan fingerprint density at radius 2 is 1.79 bits per heavy atom. The third-order valence-electron chi connectivity index (χ3n) is 8.15. The van der Waals surface area contributed by atoms with Crippen molar-refractivity contribution in [2.24, 2.45) is 7.05 Å². The van der Waals surface area contributed by atoms with E-state index in [1.54, 1.807) is 0 Å². The molecule has 43 heavy (non-hydrogen) atoms. The smallest absolute Gasteiger partial charge is 0.421 e. The topological polar surface area (TPSA) is 114 Å². The summed E-state index contributed by atoms with van der Waals surface area (Å²) in [6.45, 7) is 9.04. The number of ether oxygens (including phenoxy) is 1. The predicted octanol–water partition coefficient (Wildman–Crippen LogP) is 5.73. The number of aromatic nitrogens is 4. The van der Waals surface area contributed by atoms with E-state index in [9.17, 15) is 21.6 Å². The highest BCUT2D eigenvalue weighted by atomic mass is 32.2. The number of piperidine rings is 1. The normalized spacial score (nSPS) is 18.4. The molecule has 10 nitrogen and oxygen atoms in total. The van der Waals surface area contributed by atoms with Gasteiger partial charge in [-0.3, -0.25) is 4.68 Å². The van der Waals surface area contributed by atoms with Crippen molar-refractivity contribution in [2.45, 2.75) is 81.9 Å². The molecule has 0 bridgehead atoms. The number of likely N-dealkylation sites (tertiary alicyclic amines) is 1. The highest BCUT2D eigenvalue weighted by Crippen LogP contribution is 2.45. The summed E-state index contributed by atoms with van der Waals surface area (Å²) in [5.74, 6) is 0.392. The summed E-state index contributed by atoms with van der Waals surface area (Å²) in [7, 11) is -0.288. The molecule has 1 fully saturated rings. The first kappa shape index (κ1) is 31.0. The Morgan fingerprint density at radius 1 is 1.09 bits per heavy atom. The molecule has 1 unspecified atom stereocenters. The predicted molar refractivity (Wildman–Crippen MR) is 158 cm³/mol. The molecule has 2 aromatic heterocycles. The zero-order valence-electron chi connectivity index (χ0n) is 25.2. The number of rotatable bonds is 7. The van der Waals surface area contributed by atoms with E-state index in [1.807, 2.05) is 13.0 Å². The molecule has 2 aliphatic heterocycles. The molecule has 1 atom stereocenters. The van der Waals surface area contributed by atoms with E-state index in [-0.39, 0.29) is 22.8 Å². The van der Waals surface area contributed by atoms with Crippen molar-refractivity contribution in [1.29, 1.82) is 0 Å². The largest absolute Gasteiger partial charge is 0.488 e. The van der Waals surface area contributed by atoms with Crippen LogP contribution in [-0.4, -0.2) is 64.6 Å². The average Bonchev–Trinajstić information content (AvgIpc) is 3.29. The van der Waals surface area contributed by atoms with Crippen LogP contribution in [0.1, 0.15) is 68.2 Å². The van der Waals surface area contributed by atoms with Gasteiger partial charge in [0.2, 0.25) is 20.8 Å². The first-order valence-electron chi connectivity index (χ1n) is 14.4. The maximum atomic E-state index is 14.0. The van der Waals surface area contributed by atoms with Crippen LogP contribution in [0.25, 0.3) is 0 Å². The molecule has 1 saturated heterocycles. The van der Waals surface area contributed by atoms with Crippen LogP contribution in [0, 0.1) is 6.92 Å². The first-order valence-corrected chi connectivity index (χ1v) is 16.0. The number of hydrogen-bond donors (Lipinski definition) is 2. The van der Waals surface area contributed by atoms with Crippen LogP contribution < -0.4 is 15.4 Å². The lowest BCUT2D eigenvalue weighted by Crippen LogP contribution is -2.30. The highest BCUT2D eigenvalue weighted by molar-refractivity contribution is 7.92. The van der Waals surface area contributed by atoms with Crippen LogP contribution in [-0.2, 0) is 29.5 Å². The number of sulfone groups is 1. The van der Waals surface area contributed by atoms with Gasteiger partial charge in [-0.1, -0.05) is 0 Å². The van der Waals surface area contributed by atoms with Crippen molar-refractivity contribution in [2.75, 3.05) is 30.8 Å². The molecule has 1 aromatic carbocycles. The second-order valence-corrected chi connectivity index (χ2v) is 14.2. The second-order valence-electron chi connectivity index (χ2n) is 11.8. The molecule has 4 heterocycles. The quantitative estimate of drug-likeness (QED) is 0.341. The Balaban J connectivity index is 1.55. The van der Waals surface area contributed by atoms with Gasteiger partial charge in [-0.25, -0.2) is 13.4 Å². The number of aryl methyl sites for hydroxylation is 2. The fraction of sp³-hybridized carbons (Fsp3) is 0.552. The zero-order valence-corrected chi connectivity index (χ0v) is 26.0. The van der Waals surface area contributed by atoms with Crippen LogP contribution in [0.5, 0.6) is 5.75 Å². The van der Waals surface area contributed by atoms with E-state index in [1.165, 1.54) is 37.3 Å². The summed E-state index contributed by atoms with van der Waals surface area (Å²) in [5.41, 5.74) is 2.82. The molecule has 0 saturated carbocycles. The molecule has 0 spiro atoms. The molecule has 2 N–H and O–H groups in total. The van der Waals surface area contributed by atoms with E-state index >= 15 is 0 Å². The fourth-order valence-electron chi connectivity index (χ4n) is 5.81. The SMILES string of the molecule is Cc1cc(Nc2ncc(C(F)(F)F)c(Nc3cn(C)nc3S(=O)(=O)C(C)C)n2)c2c(c1C1CCN(C)CC1)CCC(C)O2. The van der Waals surface area contributed by atoms with Crippen LogP contribution >= 0.6 is 0 Å². The maximum Gasteiger partial charge on any atom is 0.421 e. The van der Waals surface area contributed by atoms with Gasteiger partial charge in [0.1, 0.15) is 17.1 Å². The van der Waals surface area contributed by atoms with Crippen LogP contribution in [0.2, 0.25) is 0 Å². The minimum atomic E-state index is -4.80. The van der Waals surface area contributed by atoms with E-state index in [0.29, 0.717) is 23.6 Å². The molecular weight excluding hydrogens is 583 g/mol. The standard InChI is InChI=1S/C29H38F3N7O3S/c1-16(2)43(40,41)27-23(15-39(6)37-27)34-26-21(29(30,31)32)14-33-28(36-26)35-22-13-17(3)24(19-9-11-38(5)12-10-19)20-8-7-18(4)42-25(20)22/h13-16,18-19H,7-12H2,1-6H3,(H2,33,34,35,36). The lowest BCUT2D eigenvalue weighted by atomic mass is 9.81. The van der Waals surface area contributed by atoms with Gasteiger partial charge in [0.25, 0.3) is 0 Å². The van der Waals surface area contributed by atoms with E-state index in [0.717, 1.165) is 49.9 Å². The van der Waals surface area contributed by atoms with Gasteiger partial charge in [-0.2, -0.15) is 23.3 Å². The minimum Gasteiger partial charge on any atom is -0.488 e. The second kappa shape index (κ2) is 11.6. The number of fused-ring (bicyclic) bond motifs is 1. The van der Waals surface area contributed by atoms with Gasteiger partial charge in [0.15, 0.2) is 0 Å². The number of nitrogens with zero attached hydrogens (tertiary/aromatic N) is 5. The molecule has 3 aromatic rings. The Kier molecular flexibility index (Phi) is 8.38. The molecule has 0 amide bonds. The third kappa shape index (κ3) is 6.30. The van der Waals surface area contributed by atoms with Crippen molar-refractivity contribution >= 4 is 33.0 Å². The summed E-state index contributed by atoms with van der Waals surface area (Å²) < 4.78 is 75.5. The highest BCUT2D eigenvalue weighted by Gasteiger charge is 2.37. The molecule has 2 aliphatic rings. The van der Waals surface area contributed by atoms with Gasteiger partial charge in [0, 0.05) is 25.0 Å². The lowest BCUT2D eigenvalue weighted by Gasteiger charge is -2.35. The first-order chi connectivity index (χ1) is 20.1. The van der Waals surface area contributed by atoms with Gasteiger partial charge < -0.3 is 20.3 Å². The fourth-order valence-corrected chi connectivity index (χ4v) is 6.91. The van der Waals surface area contributed by atoms with E-state index < -0.39 is 32.6 Å². The molecule has 14 heteroatoms. The van der Waals surface area contributed by atoms with Crippen molar-refractivity contribution in [3.05, 3.63) is 40.7 Å². The molecule has 5 rings (SSSR count). The number of benzene rings is 1. The van der Waals surface area contributed by atoms with Gasteiger partial charge in [-0.05, 0) is 96.6 Å². The Labute approximate surface area is 250 Å². The zero-order chi connectivity index (χ0) is 31.3. The Bertz CT molecular complexity index is 1610. The molecule has 0 radical (unpaired) electrons. The van der Waals surface area contributed by atoms with Crippen molar-refractivity contribution in [1.82, 2.24) is 24.6 Å². The Hall–Kier alpha value is -3.39. The summed E-state index contributed by atoms with van der Waals surface area (Å²) in [4.78, 5) is 10.5. The van der Waals surface area contributed by atoms with Crippen molar-refractivity contribution < 1.29 is 26.3 Å². The number of halogens is 3. The average molecular weight is 622 g/mol. The summed E-state index contributed by atoms with van der Waals surface area (Å²) >= 11 is 0. The summed E-state index contributed by atoms with van der Waals surface area (Å²) in [5, 5.41) is 8.50. The Morgan fingerprint density at radius 3 is 2.44 bits per heavy atom. The van der Waals surface area contributed by atoms with Crippen LogP contribution in [0.15, 0.2) is 23.5 Å².